The molecule has 1 atom stereocenters. The third-order valence-corrected chi connectivity index (χ3v) is 4.79. The fourth-order valence-corrected chi connectivity index (χ4v) is 3.07. The van der Waals surface area contributed by atoms with Gasteiger partial charge in [-0.1, -0.05) is 30.3 Å². The van der Waals surface area contributed by atoms with E-state index in [9.17, 15) is 9.90 Å². The molecule has 1 aliphatic rings. The van der Waals surface area contributed by atoms with E-state index >= 15 is 0 Å². The molecule has 0 spiro atoms. The van der Waals surface area contributed by atoms with E-state index in [0.717, 1.165) is 5.56 Å². The molecule has 2 aromatic heterocycles. The van der Waals surface area contributed by atoms with Crippen molar-refractivity contribution >= 4 is 5.91 Å². The predicted octanol–water partition coefficient (Wildman–Crippen LogP) is 1.68. The Labute approximate surface area is 172 Å². The number of amides is 1. The van der Waals surface area contributed by atoms with Gasteiger partial charge in [-0.15, -0.1) is 0 Å². The van der Waals surface area contributed by atoms with Crippen LogP contribution in [0, 0.1) is 11.3 Å². The maximum atomic E-state index is 12.4. The minimum atomic E-state index is -0.892. The molecule has 0 bridgehead atoms. The summed E-state index contributed by atoms with van der Waals surface area (Å²) in [5, 5.41) is 33.9. The molecule has 3 aromatic rings. The predicted molar refractivity (Wildman–Crippen MR) is 108 cm³/mol. The molecule has 0 aliphatic carbocycles. The van der Waals surface area contributed by atoms with Crippen molar-refractivity contribution in [3.05, 3.63) is 84.0 Å². The highest BCUT2D eigenvalue weighted by molar-refractivity contribution is 5.96. The highest BCUT2D eigenvalue weighted by atomic mass is 16.3. The van der Waals surface area contributed by atoms with E-state index in [1.54, 1.807) is 25.3 Å². The number of nitrogens with zero attached hydrogens (tertiary/aromatic N) is 5. The summed E-state index contributed by atoms with van der Waals surface area (Å²) in [5.41, 5.74) is 1.29. The van der Waals surface area contributed by atoms with Gasteiger partial charge in [0.2, 0.25) is 5.88 Å². The fourth-order valence-electron chi connectivity index (χ4n) is 3.07. The summed E-state index contributed by atoms with van der Waals surface area (Å²) < 4.78 is 2.76. The minimum Gasteiger partial charge on any atom is -0.492 e. The second-order valence-electron chi connectivity index (χ2n) is 6.94. The SMILES string of the molecule is C[C@]1(n2ncc(-n3cc(C#N)cn3)c2O)C=CC(C(=O)NCc2ccccc2)=CN1. The number of rotatable bonds is 5. The molecule has 3 heterocycles. The van der Waals surface area contributed by atoms with Crippen LogP contribution in [0.1, 0.15) is 18.1 Å². The van der Waals surface area contributed by atoms with E-state index in [0.29, 0.717) is 23.4 Å². The summed E-state index contributed by atoms with van der Waals surface area (Å²) in [4.78, 5) is 12.4. The van der Waals surface area contributed by atoms with Gasteiger partial charge in [0.1, 0.15) is 11.8 Å². The van der Waals surface area contributed by atoms with Crippen molar-refractivity contribution in [1.29, 1.82) is 5.26 Å². The van der Waals surface area contributed by atoms with Crippen molar-refractivity contribution in [2.45, 2.75) is 19.1 Å². The van der Waals surface area contributed by atoms with Crippen molar-refractivity contribution in [2.75, 3.05) is 0 Å². The average Bonchev–Trinajstić information content (AvgIpc) is 3.40. The normalized spacial score (nSPS) is 17.7. The van der Waals surface area contributed by atoms with Crippen LogP contribution in [-0.4, -0.2) is 30.6 Å². The van der Waals surface area contributed by atoms with Crippen LogP contribution in [0.5, 0.6) is 5.88 Å². The van der Waals surface area contributed by atoms with Gasteiger partial charge < -0.3 is 15.7 Å². The molecule has 0 fully saturated rings. The van der Waals surface area contributed by atoms with Crippen LogP contribution in [0.2, 0.25) is 0 Å². The maximum absolute atomic E-state index is 12.4. The lowest BCUT2D eigenvalue weighted by Gasteiger charge is -2.30. The Kier molecular flexibility index (Phi) is 4.82. The van der Waals surface area contributed by atoms with E-state index in [4.69, 9.17) is 5.26 Å². The Morgan fingerprint density at radius 2 is 2.10 bits per heavy atom. The monoisotopic (exact) mass is 401 g/mol. The number of carbonyl (C=O) groups is 1. The van der Waals surface area contributed by atoms with Gasteiger partial charge in [-0.3, -0.25) is 4.79 Å². The van der Waals surface area contributed by atoms with Crippen LogP contribution in [-0.2, 0) is 17.0 Å². The third kappa shape index (κ3) is 3.54. The first kappa shape index (κ1) is 19.0. The van der Waals surface area contributed by atoms with Crippen molar-refractivity contribution in [1.82, 2.24) is 30.2 Å². The molecule has 3 N–H and O–H groups in total. The first-order chi connectivity index (χ1) is 14.5. The number of carbonyl (C=O) groups excluding carboxylic acids is 1. The van der Waals surface area contributed by atoms with Gasteiger partial charge in [0.05, 0.1) is 23.5 Å². The van der Waals surface area contributed by atoms with Crippen LogP contribution >= 0.6 is 0 Å². The standard InChI is InChI=1S/C21H19N7O2/c1-21(28-20(30)18(13-26-28)27-14-16(9-22)11-25-27)8-7-17(12-24-21)19(29)23-10-15-5-3-2-4-6-15/h2-8,11-14,24,30H,10H2,1H3,(H,23,29)/t21-/m0/s1. The van der Waals surface area contributed by atoms with Gasteiger partial charge >= 0.3 is 0 Å². The lowest BCUT2D eigenvalue weighted by atomic mass is 10.1. The van der Waals surface area contributed by atoms with Gasteiger partial charge in [-0.2, -0.15) is 15.5 Å². The Bertz CT molecular complexity index is 1180. The van der Waals surface area contributed by atoms with Gasteiger partial charge in [0.15, 0.2) is 5.66 Å². The summed E-state index contributed by atoms with van der Waals surface area (Å²) in [7, 11) is 0. The second-order valence-corrected chi connectivity index (χ2v) is 6.94. The summed E-state index contributed by atoms with van der Waals surface area (Å²) in [6.45, 7) is 2.24. The molecule has 0 saturated carbocycles. The van der Waals surface area contributed by atoms with Crippen molar-refractivity contribution < 1.29 is 9.90 Å². The molecule has 0 unspecified atom stereocenters. The summed E-state index contributed by atoms with van der Waals surface area (Å²) in [6, 6.07) is 11.6. The molecule has 1 aliphatic heterocycles. The van der Waals surface area contributed by atoms with E-state index in [-0.39, 0.29) is 11.8 Å². The number of dihydropyridines is 1. The van der Waals surface area contributed by atoms with Crippen LogP contribution in [0.4, 0.5) is 0 Å². The minimum absolute atomic E-state index is 0.132. The fraction of sp³-hybridized carbons (Fsp3) is 0.143. The van der Waals surface area contributed by atoms with E-state index < -0.39 is 5.66 Å². The van der Waals surface area contributed by atoms with Gasteiger partial charge in [-0.25, -0.2) is 9.36 Å². The van der Waals surface area contributed by atoms with Crippen LogP contribution in [0.3, 0.4) is 0 Å². The lowest BCUT2D eigenvalue weighted by Crippen LogP contribution is -2.43. The van der Waals surface area contributed by atoms with Crippen LogP contribution in [0.25, 0.3) is 5.69 Å². The Morgan fingerprint density at radius 1 is 1.30 bits per heavy atom. The number of benzene rings is 1. The third-order valence-electron chi connectivity index (χ3n) is 4.79. The second kappa shape index (κ2) is 7.60. The van der Waals surface area contributed by atoms with E-state index in [2.05, 4.69) is 20.8 Å². The molecule has 9 heteroatoms. The molecule has 4 rings (SSSR count). The van der Waals surface area contributed by atoms with E-state index in [1.165, 1.54) is 28.0 Å². The van der Waals surface area contributed by atoms with Crippen LogP contribution in [0.15, 0.2) is 72.8 Å². The lowest BCUT2D eigenvalue weighted by molar-refractivity contribution is -0.117. The molecule has 150 valence electrons. The van der Waals surface area contributed by atoms with Crippen molar-refractivity contribution in [3.8, 4) is 17.6 Å². The summed E-state index contributed by atoms with van der Waals surface area (Å²) in [5.74, 6) is -0.344. The Morgan fingerprint density at radius 3 is 2.77 bits per heavy atom. The van der Waals surface area contributed by atoms with Gasteiger partial charge in [0.25, 0.3) is 5.91 Å². The largest absolute Gasteiger partial charge is 0.492 e. The zero-order chi connectivity index (χ0) is 21.1. The summed E-state index contributed by atoms with van der Waals surface area (Å²) in [6.07, 6.45) is 9.37. The quantitative estimate of drug-likeness (QED) is 0.598. The maximum Gasteiger partial charge on any atom is 0.253 e. The molecule has 1 aromatic carbocycles. The highest BCUT2D eigenvalue weighted by Crippen LogP contribution is 2.29. The van der Waals surface area contributed by atoms with E-state index in [1.807, 2.05) is 36.4 Å². The number of hydrogen-bond acceptors (Lipinski definition) is 6. The first-order valence-electron chi connectivity index (χ1n) is 9.22. The number of hydrogen-bond donors (Lipinski definition) is 3. The average molecular weight is 401 g/mol. The molecule has 9 nitrogen and oxygen atoms in total. The molecule has 1 amide bonds. The molecule has 30 heavy (non-hydrogen) atoms. The number of nitrogens with one attached hydrogen (secondary N) is 2. The smallest absolute Gasteiger partial charge is 0.253 e. The molecular weight excluding hydrogens is 382 g/mol. The van der Waals surface area contributed by atoms with Crippen molar-refractivity contribution in [2.24, 2.45) is 0 Å². The Balaban J connectivity index is 1.47. The van der Waals surface area contributed by atoms with Gasteiger partial charge in [0, 0.05) is 18.9 Å². The number of aromatic hydroxyl groups is 1. The molecule has 0 saturated heterocycles. The summed E-state index contributed by atoms with van der Waals surface area (Å²) >= 11 is 0. The number of aromatic nitrogens is 4. The topological polar surface area (TPSA) is 121 Å². The van der Waals surface area contributed by atoms with Gasteiger partial charge in [-0.05, 0) is 24.6 Å². The first-order valence-corrected chi connectivity index (χ1v) is 9.22. The zero-order valence-electron chi connectivity index (χ0n) is 16.1. The Hall–Kier alpha value is -4.32. The molecular formula is C21H19N7O2. The van der Waals surface area contributed by atoms with Crippen molar-refractivity contribution in [3.63, 3.8) is 0 Å². The highest BCUT2D eigenvalue weighted by Gasteiger charge is 2.30. The zero-order valence-corrected chi connectivity index (χ0v) is 16.1. The van der Waals surface area contributed by atoms with Crippen LogP contribution < -0.4 is 10.6 Å². The molecule has 0 radical (unpaired) electrons. The number of nitriles is 1.